The average Bonchev–Trinajstić information content (AvgIpc) is 2.86. The van der Waals surface area contributed by atoms with Crippen LogP contribution >= 0.6 is 0 Å². The normalized spacial score (nSPS) is 10.9. The third kappa shape index (κ3) is 4.95. The molecule has 33 heavy (non-hydrogen) atoms. The molecular formula is C27H27N3O3. The van der Waals surface area contributed by atoms with Gasteiger partial charge in [-0.3, -0.25) is 18.7 Å². The highest BCUT2D eigenvalue weighted by Gasteiger charge is 2.18. The van der Waals surface area contributed by atoms with Crippen molar-refractivity contribution in [2.75, 3.05) is 6.54 Å². The summed E-state index contributed by atoms with van der Waals surface area (Å²) in [5.41, 5.74) is 1.76. The van der Waals surface area contributed by atoms with E-state index >= 15 is 0 Å². The summed E-state index contributed by atoms with van der Waals surface area (Å²) >= 11 is 0. The van der Waals surface area contributed by atoms with Gasteiger partial charge in [-0.25, -0.2) is 4.79 Å². The van der Waals surface area contributed by atoms with E-state index in [1.165, 1.54) is 9.13 Å². The van der Waals surface area contributed by atoms with Crippen molar-refractivity contribution in [3.63, 3.8) is 0 Å². The lowest BCUT2D eigenvalue weighted by Crippen LogP contribution is -2.43. The van der Waals surface area contributed by atoms with Crippen molar-refractivity contribution >= 4 is 16.8 Å². The topological polar surface area (TPSA) is 64.3 Å². The van der Waals surface area contributed by atoms with Crippen LogP contribution in [0.25, 0.3) is 10.9 Å². The number of aromatic nitrogens is 2. The highest BCUT2D eigenvalue weighted by Crippen LogP contribution is 2.10. The number of rotatable bonds is 8. The van der Waals surface area contributed by atoms with E-state index in [2.05, 4.69) is 0 Å². The number of hydrogen-bond donors (Lipinski definition) is 0. The Morgan fingerprint density at radius 3 is 2.06 bits per heavy atom. The second-order valence-corrected chi connectivity index (χ2v) is 7.97. The number of aryl methyl sites for hydroxylation is 1. The van der Waals surface area contributed by atoms with Gasteiger partial charge in [0.15, 0.2) is 0 Å². The Morgan fingerprint density at radius 2 is 1.39 bits per heavy atom. The van der Waals surface area contributed by atoms with Gasteiger partial charge in [0.1, 0.15) is 6.54 Å². The third-order valence-electron chi connectivity index (χ3n) is 5.84. The SMILES string of the molecule is CCN(Cc1ccccc1)C(=O)Cn1c(=O)n(CCc2ccccc2)c(=O)c2ccccc21. The summed E-state index contributed by atoms with van der Waals surface area (Å²) in [4.78, 5) is 41.4. The minimum absolute atomic E-state index is 0.119. The number of benzene rings is 3. The van der Waals surface area contributed by atoms with Crippen molar-refractivity contribution in [3.8, 4) is 0 Å². The number of para-hydroxylation sites is 1. The van der Waals surface area contributed by atoms with Gasteiger partial charge in [0.2, 0.25) is 5.91 Å². The van der Waals surface area contributed by atoms with Crippen molar-refractivity contribution < 1.29 is 4.79 Å². The number of fused-ring (bicyclic) bond motifs is 1. The predicted octanol–water partition coefficient (Wildman–Crippen LogP) is 3.45. The van der Waals surface area contributed by atoms with Gasteiger partial charge < -0.3 is 4.90 Å². The first-order valence-electron chi connectivity index (χ1n) is 11.2. The molecule has 1 heterocycles. The molecule has 6 heteroatoms. The van der Waals surface area contributed by atoms with E-state index in [1.807, 2.05) is 67.6 Å². The van der Waals surface area contributed by atoms with E-state index in [-0.39, 0.29) is 24.6 Å². The standard InChI is InChI=1S/C27H27N3O3/c1-2-28(19-22-13-7-4-8-14-22)25(31)20-30-24-16-10-9-15-23(24)26(32)29(27(30)33)18-17-21-11-5-3-6-12-21/h3-16H,2,17-20H2,1H3. The van der Waals surface area contributed by atoms with Crippen LogP contribution in [-0.4, -0.2) is 26.5 Å². The molecule has 0 spiro atoms. The average molecular weight is 442 g/mol. The molecule has 0 fully saturated rings. The van der Waals surface area contributed by atoms with E-state index in [4.69, 9.17) is 0 Å². The monoisotopic (exact) mass is 441 g/mol. The number of carbonyl (C=O) groups excluding carboxylic acids is 1. The highest BCUT2D eigenvalue weighted by atomic mass is 16.2. The molecule has 0 N–H and O–H groups in total. The number of likely N-dealkylation sites (N-methyl/N-ethyl adjacent to an activating group) is 1. The molecule has 0 saturated heterocycles. The molecular weight excluding hydrogens is 414 g/mol. The molecule has 1 amide bonds. The van der Waals surface area contributed by atoms with Crippen LogP contribution in [-0.2, 0) is 30.8 Å². The van der Waals surface area contributed by atoms with Crippen LogP contribution in [0.4, 0.5) is 0 Å². The molecule has 0 saturated carbocycles. The summed E-state index contributed by atoms with van der Waals surface area (Å²) in [6.45, 7) is 3.04. The summed E-state index contributed by atoms with van der Waals surface area (Å²) < 4.78 is 2.67. The number of hydrogen-bond acceptors (Lipinski definition) is 3. The summed E-state index contributed by atoms with van der Waals surface area (Å²) in [5, 5.41) is 0.434. The second kappa shape index (κ2) is 10.1. The summed E-state index contributed by atoms with van der Waals surface area (Å²) in [5.74, 6) is -0.165. The molecule has 4 rings (SSSR count). The Morgan fingerprint density at radius 1 is 0.788 bits per heavy atom. The predicted molar refractivity (Wildman–Crippen MR) is 130 cm³/mol. The van der Waals surface area contributed by atoms with Crippen molar-refractivity contribution in [2.24, 2.45) is 0 Å². The molecule has 3 aromatic carbocycles. The van der Waals surface area contributed by atoms with Crippen LogP contribution in [0.15, 0.2) is 94.5 Å². The molecule has 0 bridgehead atoms. The quantitative estimate of drug-likeness (QED) is 0.421. The molecule has 0 radical (unpaired) electrons. The Hall–Kier alpha value is -3.93. The molecule has 0 aliphatic carbocycles. The van der Waals surface area contributed by atoms with Crippen LogP contribution in [0.3, 0.4) is 0 Å². The van der Waals surface area contributed by atoms with Crippen molar-refractivity contribution in [1.82, 2.24) is 14.0 Å². The number of amides is 1. The van der Waals surface area contributed by atoms with E-state index in [0.29, 0.717) is 30.4 Å². The van der Waals surface area contributed by atoms with Gasteiger partial charge in [-0.15, -0.1) is 0 Å². The lowest BCUT2D eigenvalue weighted by Gasteiger charge is -2.22. The molecule has 0 atom stereocenters. The summed E-state index contributed by atoms with van der Waals surface area (Å²) in [6, 6.07) is 26.5. The fourth-order valence-electron chi connectivity index (χ4n) is 4.02. The van der Waals surface area contributed by atoms with Gasteiger partial charge in [0, 0.05) is 19.6 Å². The van der Waals surface area contributed by atoms with Gasteiger partial charge >= 0.3 is 5.69 Å². The largest absolute Gasteiger partial charge is 0.337 e. The first-order valence-corrected chi connectivity index (χ1v) is 11.2. The maximum Gasteiger partial charge on any atom is 0.331 e. The number of carbonyl (C=O) groups is 1. The van der Waals surface area contributed by atoms with Gasteiger partial charge in [-0.05, 0) is 36.6 Å². The number of nitrogens with zero attached hydrogens (tertiary/aromatic N) is 3. The van der Waals surface area contributed by atoms with Crippen LogP contribution < -0.4 is 11.2 Å². The zero-order chi connectivity index (χ0) is 23.2. The zero-order valence-electron chi connectivity index (χ0n) is 18.7. The van der Waals surface area contributed by atoms with Crippen LogP contribution in [0.1, 0.15) is 18.1 Å². The molecule has 6 nitrogen and oxygen atoms in total. The Bertz CT molecular complexity index is 1360. The lowest BCUT2D eigenvalue weighted by molar-refractivity contribution is -0.132. The minimum atomic E-state index is -0.459. The van der Waals surface area contributed by atoms with Gasteiger partial charge in [0.25, 0.3) is 5.56 Å². The first kappa shape index (κ1) is 22.3. The van der Waals surface area contributed by atoms with Crippen molar-refractivity contribution in [1.29, 1.82) is 0 Å². The highest BCUT2D eigenvalue weighted by molar-refractivity contribution is 5.81. The fourth-order valence-corrected chi connectivity index (χ4v) is 4.02. The smallest absolute Gasteiger partial charge is 0.331 e. The van der Waals surface area contributed by atoms with E-state index in [1.54, 1.807) is 29.2 Å². The van der Waals surface area contributed by atoms with Gasteiger partial charge in [-0.1, -0.05) is 72.8 Å². The van der Waals surface area contributed by atoms with Crippen LogP contribution in [0, 0.1) is 0 Å². The van der Waals surface area contributed by atoms with E-state index in [0.717, 1.165) is 11.1 Å². The first-order chi connectivity index (χ1) is 16.1. The van der Waals surface area contributed by atoms with Crippen molar-refractivity contribution in [3.05, 3.63) is 117 Å². The molecule has 1 aromatic heterocycles. The zero-order valence-corrected chi connectivity index (χ0v) is 18.7. The molecule has 0 aliphatic heterocycles. The molecule has 0 unspecified atom stereocenters. The van der Waals surface area contributed by atoms with E-state index in [9.17, 15) is 14.4 Å². The molecule has 4 aromatic rings. The van der Waals surface area contributed by atoms with Gasteiger partial charge in [-0.2, -0.15) is 0 Å². The van der Waals surface area contributed by atoms with Gasteiger partial charge in [0.05, 0.1) is 10.9 Å². The Balaban J connectivity index is 1.68. The second-order valence-electron chi connectivity index (χ2n) is 7.97. The minimum Gasteiger partial charge on any atom is -0.337 e. The Kier molecular flexibility index (Phi) is 6.83. The summed E-state index contributed by atoms with van der Waals surface area (Å²) in [7, 11) is 0. The van der Waals surface area contributed by atoms with Crippen molar-refractivity contribution in [2.45, 2.75) is 33.0 Å². The maximum atomic E-state index is 13.4. The van der Waals surface area contributed by atoms with E-state index < -0.39 is 5.69 Å². The summed E-state index contributed by atoms with van der Waals surface area (Å²) in [6.07, 6.45) is 0.553. The molecule has 168 valence electrons. The Labute approximate surface area is 192 Å². The third-order valence-corrected chi connectivity index (χ3v) is 5.84. The maximum absolute atomic E-state index is 13.4. The van der Waals surface area contributed by atoms with Crippen LogP contribution in [0.2, 0.25) is 0 Å². The molecule has 0 aliphatic rings. The lowest BCUT2D eigenvalue weighted by atomic mass is 10.1. The fraction of sp³-hybridized carbons (Fsp3) is 0.222. The van der Waals surface area contributed by atoms with Crippen LogP contribution in [0.5, 0.6) is 0 Å².